The van der Waals surface area contributed by atoms with E-state index in [-0.39, 0.29) is 0 Å². The molecule has 0 unspecified atom stereocenters. The van der Waals surface area contributed by atoms with Crippen molar-refractivity contribution < 1.29 is 14.3 Å². The van der Waals surface area contributed by atoms with E-state index in [1.165, 1.54) is 0 Å². The second-order valence-electron chi connectivity index (χ2n) is 4.35. The molecule has 0 heterocycles. The van der Waals surface area contributed by atoms with Crippen LogP contribution in [0.25, 0.3) is 0 Å². The number of halogens is 1. The van der Waals surface area contributed by atoms with Gasteiger partial charge in [-0.25, -0.2) is 0 Å². The summed E-state index contributed by atoms with van der Waals surface area (Å²) in [5.74, 6) is -0.346. The van der Waals surface area contributed by atoms with Gasteiger partial charge in [-0.05, 0) is 42.8 Å². The first-order valence-electron chi connectivity index (χ1n) is 6.02. The lowest BCUT2D eigenvalue weighted by molar-refractivity contribution is 0.0817. The van der Waals surface area contributed by atoms with Gasteiger partial charge in [-0.2, -0.15) is 0 Å². The molecule has 0 aliphatic heterocycles. The van der Waals surface area contributed by atoms with Crippen LogP contribution >= 0.6 is 15.9 Å². The first-order valence-corrected chi connectivity index (χ1v) is 6.81. The van der Waals surface area contributed by atoms with Crippen LogP contribution in [0.15, 0.2) is 46.9 Å². The summed E-state index contributed by atoms with van der Waals surface area (Å²) in [6, 6.07) is 11.7. The summed E-state index contributed by atoms with van der Waals surface area (Å²) < 4.78 is 5.90. The first-order chi connectivity index (χ1) is 9.52. The number of Topliss-reactive ketones (excluding diaryl/α,β-unsaturated/α-hetero) is 2. The van der Waals surface area contributed by atoms with Gasteiger partial charge in [-0.15, -0.1) is 0 Å². The maximum Gasteiger partial charge on any atom is 0.233 e. The van der Waals surface area contributed by atoms with Gasteiger partial charge in [0.15, 0.2) is 0 Å². The van der Waals surface area contributed by atoms with Gasteiger partial charge in [0.05, 0.1) is 7.11 Å². The number of methoxy groups -OCH3 is 1. The fourth-order valence-electron chi connectivity index (χ4n) is 1.91. The summed E-state index contributed by atoms with van der Waals surface area (Å²) in [7, 11) is 1.57. The van der Waals surface area contributed by atoms with Crippen LogP contribution in [-0.4, -0.2) is 18.7 Å². The van der Waals surface area contributed by atoms with E-state index in [1.54, 1.807) is 49.6 Å². The molecule has 102 valence electrons. The summed E-state index contributed by atoms with van der Waals surface area (Å²) >= 11 is 3.29. The molecule has 0 aromatic heterocycles. The van der Waals surface area contributed by atoms with E-state index in [0.29, 0.717) is 16.9 Å². The van der Waals surface area contributed by atoms with Gasteiger partial charge >= 0.3 is 0 Å². The predicted molar refractivity (Wildman–Crippen MR) is 80.5 cm³/mol. The van der Waals surface area contributed by atoms with Gasteiger partial charge in [-0.1, -0.05) is 28.1 Å². The van der Waals surface area contributed by atoms with Crippen LogP contribution in [0.1, 0.15) is 26.3 Å². The Bertz CT molecular complexity index is 677. The number of hydrogen-bond acceptors (Lipinski definition) is 3. The van der Waals surface area contributed by atoms with E-state index >= 15 is 0 Å². The van der Waals surface area contributed by atoms with Crippen molar-refractivity contribution in [2.24, 2.45) is 0 Å². The average Bonchev–Trinajstić information content (AvgIpc) is 2.45. The van der Waals surface area contributed by atoms with Gasteiger partial charge in [-0.3, -0.25) is 9.59 Å². The number of aryl methyl sites for hydroxylation is 1. The number of ketones is 2. The van der Waals surface area contributed by atoms with E-state index < -0.39 is 11.6 Å². The zero-order chi connectivity index (χ0) is 14.7. The third-order valence-electron chi connectivity index (χ3n) is 2.95. The minimum absolute atomic E-state index is 0.369. The highest BCUT2D eigenvalue weighted by molar-refractivity contribution is 9.10. The zero-order valence-corrected chi connectivity index (χ0v) is 12.7. The van der Waals surface area contributed by atoms with Crippen molar-refractivity contribution in [2.75, 3.05) is 7.11 Å². The summed E-state index contributed by atoms with van der Waals surface area (Å²) in [4.78, 5) is 24.4. The molecular formula is C16H13BrO3. The molecule has 20 heavy (non-hydrogen) atoms. The molecule has 3 nitrogen and oxygen atoms in total. The predicted octanol–water partition coefficient (Wildman–Crippen LogP) is 3.83. The van der Waals surface area contributed by atoms with Gasteiger partial charge in [0.1, 0.15) is 5.75 Å². The van der Waals surface area contributed by atoms with Gasteiger partial charge in [0.2, 0.25) is 11.6 Å². The average molecular weight is 333 g/mol. The Balaban J connectivity index is 2.31. The molecule has 0 amide bonds. The lowest BCUT2D eigenvalue weighted by atomic mass is 10.00. The number of carbonyl (C=O) groups is 2. The van der Waals surface area contributed by atoms with Crippen molar-refractivity contribution in [3.8, 4) is 5.75 Å². The van der Waals surface area contributed by atoms with E-state index in [0.717, 1.165) is 10.0 Å². The Morgan fingerprint density at radius 3 is 2.20 bits per heavy atom. The van der Waals surface area contributed by atoms with E-state index in [1.807, 2.05) is 6.92 Å². The largest absolute Gasteiger partial charge is 0.496 e. The van der Waals surface area contributed by atoms with Crippen molar-refractivity contribution in [3.05, 3.63) is 63.6 Å². The van der Waals surface area contributed by atoms with Crippen molar-refractivity contribution >= 4 is 27.5 Å². The highest BCUT2D eigenvalue weighted by atomic mass is 79.9. The molecule has 0 N–H and O–H groups in total. The lowest BCUT2D eigenvalue weighted by Gasteiger charge is -2.06. The van der Waals surface area contributed by atoms with E-state index in [9.17, 15) is 9.59 Å². The maximum absolute atomic E-state index is 12.2. The minimum Gasteiger partial charge on any atom is -0.496 e. The molecule has 0 saturated heterocycles. The number of carbonyl (C=O) groups excluding carboxylic acids is 2. The van der Waals surface area contributed by atoms with Crippen LogP contribution in [0.3, 0.4) is 0 Å². The van der Waals surface area contributed by atoms with Crippen LogP contribution in [0.4, 0.5) is 0 Å². The lowest BCUT2D eigenvalue weighted by Crippen LogP contribution is -2.14. The summed E-state index contributed by atoms with van der Waals surface area (Å²) in [6.45, 7) is 1.83. The Hall–Kier alpha value is -1.94. The quantitative estimate of drug-likeness (QED) is 0.631. The number of hydrogen-bond donors (Lipinski definition) is 0. The van der Waals surface area contributed by atoms with Crippen LogP contribution in [0.2, 0.25) is 0 Å². The molecule has 4 heteroatoms. The second kappa shape index (κ2) is 6.01. The first kappa shape index (κ1) is 14.5. The van der Waals surface area contributed by atoms with Gasteiger partial charge < -0.3 is 4.74 Å². The molecule has 0 aliphatic rings. The normalized spacial score (nSPS) is 10.2. The molecule has 2 aromatic carbocycles. The van der Waals surface area contributed by atoms with Crippen LogP contribution in [0.5, 0.6) is 5.75 Å². The molecule has 0 radical (unpaired) electrons. The van der Waals surface area contributed by atoms with Crippen molar-refractivity contribution in [1.29, 1.82) is 0 Å². The molecule has 0 fully saturated rings. The third-order valence-corrected chi connectivity index (χ3v) is 3.44. The minimum atomic E-state index is -0.520. The molecule has 0 aliphatic carbocycles. The molecule has 0 bridgehead atoms. The highest BCUT2D eigenvalue weighted by Gasteiger charge is 2.19. The number of benzene rings is 2. The standard InChI is InChI=1S/C16H13BrO3/c1-10-8-12(6-7-14(10)20-2)16(19)15(18)11-4-3-5-13(17)9-11/h3-9H,1-2H3. The molecule has 0 atom stereocenters. The molecule has 0 spiro atoms. The van der Waals surface area contributed by atoms with Crippen LogP contribution in [-0.2, 0) is 0 Å². The third kappa shape index (κ3) is 2.96. The van der Waals surface area contributed by atoms with Gasteiger partial charge in [0.25, 0.3) is 0 Å². The van der Waals surface area contributed by atoms with Crippen LogP contribution < -0.4 is 4.74 Å². The number of ether oxygens (including phenoxy) is 1. The Kier molecular flexibility index (Phi) is 4.35. The zero-order valence-electron chi connectivity index (χ0n) is 11.1. The summed E-state index contributed by atoms with van der Waals surface area (Å²) in [5.41, 5.74) is 1.56. The van der Waals surface area contributed by atoms with Crippen molar-refractivity contribution in [1.82, 2.24) is 0 Å². The second-order valence-corrected chi connectivity index (χ2v) is 5.27. The van der Waals surface area contributed by atoms with Gasteiger partial charge in [0, 0.05) is 15.6 Å². The fraction of sp³-hybridized carbons (Fsp3) is 0.125. The summed E-state index contributed by atoms with van der Waals surface area (Å²) in [5, 5.41) is 0. The van der Waals surface area contributed by atoms with E-state index in [2.05, 4.69) is 15.9 Å². The Labute approximate surface area is 125 Å². The topological polar surface area (TPSA) is 43.4 Å². The Morgan fingerprint density at radius 1 is 1.00 bits per heavy atom. The molecular weight excluding hydrogens is 320 g/mol. The maximum atomic E-state index is 12.2. The monoisotopic (exact) mass is 332 g/mol. The molecule has 2 aromatic rings. The van der Waals surface area contributed by atoms with Crippen LogP contribution in [0, 0.1) is 6.92 Å². The molecule has 2 rings (SSSR count). The van der Waals surface area contributed by atoms with Crippen molar-refractivity contribution in [3.63, 3.8) is 0 Å². The Morgan fingerprint density at radius 2 is 1.65 bits per heavy atom. The molecule has 0 saturated carbocycles. The summed E-state index contributed by atoms with van der Waals surface area (Å²) in [6.07, 6.45) is 0. The smallest absolute Gasteiger partial charge is 0.233 e. The van der Waals surface area contributed by atoms with E-state index in [4.69, 9.17) is 4.74 Å². The SMILES string of the molecule is COc1ccc(C(=O)C(=O)c2cccc(Br)c2)cc1C. The number of rotatable bonds is 4. The highest BCUT2D eigenvalue weighted by Crippen LogP contribution is 2.20. The fourth-order valence-corrected chi connectivity index (χ4v) is 2.31. The van der Waals surface area contributed by atoms with Crippen molar-refractivity contribution in [2.45, 2.75) is 6.92 Å².